The summed E-state index contributed by atoms with van der Waals surface area (Å²) in [6, 6.07) is 14.6. The van der Waals surface area contributed by atoms with Crippen LogP contribution < -0.4 is 5.73 Å². The lowest BCUT2D eigenvalue weighted by Crippen LogP contribution is -2.28. The zero-order valence-corrected chi connectivity index (χ0v) is 14.1. The number of para-hydroxylation sites is 1. The number of nitrogen functional groups attached to an aromatic ring is 1. The third kappa shape index (κ3) is 4.06. The largest absolute Gasteiger partial charge is 0.398 e. The molecule has 21 heavy (non-hydrogen) atoms. The van der Waals surface area contributed by atoms with Gasteiger partial charge in [-0.25, -0.2) is 12.7 Å². The van der Waals surface area contributed by atoms with E-state index in [0.717, 1.165) is 10.0 Å². The molecule has 112 valence electrons. The monoisotopic (exact) mass is 368 g/mol. The van der Waals surface area contributed by atoms with Crippen LogP contribution in [0.5, 0.6) is 0 Å². The summed E-state index contributed by atoms with van der Waals surface area (Å²) in [6.07, 6.45) is 0. The van der Waals surface area contributed by atoms with E-state index in [0.29, 0.717) is 17.8 Å². The Morgan fingerprint density at radius 1 is 1.05 bits per heavy atom. The molecule has 0 aliphatic carbocycles. The Morgan fingerprint density at radius 2 is 1.62 bits per heavy atom. The molecule has 0 bridgehead atoms. The van der Waals surface area contributed by atoms with Crippen molar-refractivity contribution in [2.45, 2.75) is 12.3 Å². The number of anilines is 1. The smallest absolute Gasteiger partial charge is 0.218 e. The summed E-state index contributed by atoms with van der Waals surface area (Å²) >= 11 is 3.43. The van der Waals surface area contributed by atoms with Gasteiger partial charge in [0.25, 0.3) is 0 Å². The van der Waals surface area contributed by atoms with Crippen molar-refractivity contribution in [2.24, 2.45) is 0 Å². The highest BCUT2D eigenvalue weighted by Gasteiger charge is 2.20. The van der Waals surface area contributed by atoms with Gasteiger partial charge in [-0.15, -0.1) is 0 Å². The van der Waals surface area contributed by atoms with Gasteiger partial charge in [0.05, 0.1) is 5.75 Å². The van der Waals surface area contributed by atoms with Crippen molar-refractivity contribution in [1.82, 2.24) is 4.31 Å². The van der Waals surface area contributed by atoms with Crippen LogP contribution >= 0.6 is 15.9 Å². The minimum absolute atomic E-state index is 0.0966. The number of halogens is 1. The Balaban J connectivity index is 2.16. The fraction of sp³-hybridized carbons (Fsp3) is 0.200. The molecule has 0 amide bonds. The van der Waals surface area contributed by atoms with E-state index in [-0.39, 0.29) is 5.75 Å². The highest BCUT2D eigenvalue weighted by Crippen LogP contribution is 2.21. The van der Waals surface area contributed by atoms with Gasteiger partial charge >= 0.3 is 0 Å². The molecule has 2 rings (SSSR count). The van der Waals surface area contributed by atoms with Crippen LogP contribution in [-0.4, -0.2) is 19.8 Å². The average molecular weight is 369 g/mol. The zero-order chi connectivity index (χ0) is 15.5. The van der Waals surface area contributed by atoms with Gasteiger partial charge in [-0.05, 0) is 23.3 Å². The molecule has 0 aromatic heterocycles. The van der Waals surface area contributed by atoms with Gasteiger partial charge in [0.2, 0.25) is 10.0 Å². The summed E-state index contributed by atoms with van der Waals surface area (Å²) in [4.78, 5) is 0. The van der Waals surface area contributed by atoms with Gasteiger partial charge in [-0.3, -0.25) is 0 Å². The van der Waals surface area contributed by atoms with Crippen molar-refractivity contribution >= 4 is 31.6 Å². The molecule has 0 radical (unpaired) electrons. The Kier molecular flexibility index (Phi) is 5.03. The van der Waals surface area contributed by atoms with Crippen molar-refractivity contribution in [2.75, 3.05) is 12.8 Å². The fourth-order valence-corrected chi connectivity index (χ4v) is 3.56. The van der Waals surface area contributed by atoms with Gasteiger partial charge in [-0.1, -0.05) is 52.3 Å². The molecule has 0 atom stereocenters. The molecule has 0 saturated heterocycles. The molecule has 4 nitrogen and oxygen atoms in total. The maximum atomic E-state index is 12.4. The molecule has 0 unspecified atom stereocenters. The molecule has 0 saturated carbocycles. The SMILES string of the molecule is CN(Cc1ccccc1Br)S(=O)(=O)Cc1ccccc1N. The molecular formula is C15H17BrN2O2S. The van der Waals surface area contributed by atoms with Crippen LogP contribution in [-0.2, 0) is 22.3 Å². The third-order valence-electron chi connectivity index (χ3n) is 3.22. The van der Waals surface area contributed by atoms with Gasteiger partial charge in [0.15, 0.2) is 0 Å². The van der Waals surface area contributed by atoms with Gasteiger partial charge in [0, 0.05) is 23.8 Å². The van der Waals surface area contributed by atoms with Crippen LogP contribution in [0.2, 0.25) is 0 Å². The molecular weight excluding hydrogens is 352 g/mol. The van der Waals surface area contributed by atoms with Crippen LogP contribution in [0.25, 0.3) is 0 Å². The number of nitrogens with two attached hydrogens (primary N) is 1. The molecule has 2 N–H and O–H groups in total. The standard InChI is InChI=1S/C15H17BrN2O2S/c1-18(10-12-6-2-4-8-14(12)16)21(19,20)11-13-7-3-5-9-15(13)17/h2-9H,10-11,17H2,1H3. The van der Waals surface area contributed by atoms with E-state index in [9.17, 15) is 8.42 Å². The molecule has 0 aliphatic heterocycles. The lowest BCUT2D eigenvalue weighted by molar-refractivity contribution is 0.465. The summed E-state index contributed by atoms with van der Waals surface area (Å²) in [6.45, 7) is 0.316. The van der Waals surface area contributed by atoms with Gasteiger partial charge in [0.1, 0.15) is 0 Å². The maximum absolute atomic E-state index is 12.4. The van der Waals surface area contributed by atoms with E-state index in [1.165, 1.54) is 4.31 Å². The number of nitrogens with zero attached hydrogens (tertiary/aromatic N) is 1. The molecule has 0 spiro atoms. The first-order valence-electron chi connectivity index (χ1n) is 6.41. The van der Waals surface area contributed by atoms with Crippen LogP contribution in [0, 0.1) is 0 Å². The van der Waals surface area contributed by atoms with E-state index < -0.39 is 10.0 Å². The summed E-state index contributed by atoms with van der Waals surface area (Å²) < 4.78 is 27.1. The van der Waals surface area contributed by atoms with Crippen molar-refractivity contribution in [3.63, 3.8) is 0 Å². The van der Waals surface area contributed by atoms with E-state index in [1.54, 1.807) is 31.3 Å². The number of hydrogen-bond donors (Lipinski definition) is 1. The number of hydrogen-bond acceptors (Lipinski definition) is 3. The second-order valence-corrected chi connectivity index (χ2v) is 7.73. The zero-order valence-electron chi connectivity index (χ0n) is 11.7. The summed E-state index contributed by atoms with van der Waals surface area (Å²) in [7, 11) is -1.84. The Morgan fingerprint density at radius 3 is 2.24 bits per heavy atom. The van der Waals surface area contributed by atoms with Crippen molar-refractivity contribution in [3.05, 3.63) is 64.1 Å². The van der Waals surface area contributed by atoms with Crippen LogP contribution in [0.4, 0.5) is 5.69 Å². The van der Waals surface area contributed by atoms with Crippen LogP contribution in [0.15, 0.2) is 53.0 Å². The highest BCUT2D eigenvalue weighted by atomic mass is 79.9. The minimum Gasteiger partial charge on any atom is -0.398 e. The fourth-order valence-electron chi connectivity index (χ4n) is 1.94. The molecule has 6 heteroatoms. The van der Waals surface area contributed by atoms with E-state index in [4.69, 9.17) is 5.73 Å². The second-order valence-electron chi connectivity index (χ2n) is 4.80. The predicted octanol–water partition coefficient (Wildman–Crippen LogP) is 2.99. The topological polar surface area (TPSA) is 63.4 Å². The summed E-state index contributed by atoms with van der Waals surface area (Å²) in [5.74, 6) is -0.0966. The first-order chi connectivity index (χ1) is 9.90. The molecule has 0 heterocycles. The first kappa shape index (κ1) is 16.0. The van der Waals surface area contributed by atoms with Gasteiger partial charge in [-0.2, -0.15) is 0 Å². The highest BCUT2D eigenvalue weighted by molar-refractivity contribution is 9.10. The molecule has 2 aromatic carbocycles. The second kappa shape index (κ2) is 6.60. The molecule has 0 fully saturated rings. The average Bonchev–Trinajstić information content (AvgIpc) is 2.43. The molecule has 2 aromatic rings. The van der Waals surface area contributed by atoms with E-state index >= 15 is 0 Å². The van der Waals surface area contributed by atoms with Crippen molar-refractivity contribution in [1.29, 1.82) is 0 Å². The maximum Gasteiger partial charge on any atom is 0.218 e. The van der Waals surface area contributed by atoms with Crippen molar-refractivity contribution in [3.8, 4) is 0 Å². The predicted molar refractivity (Wildman–Crippen MR) is 89.1 cm³/mol. The molecule has 0 aliphatic rings. The third-order valence-corrected chi connectivity index (χ3v) is 5.75. The number of sulfonamides is 1. The Labute approximate surface area is 133 Å². The lowest BCUT2D eigenvalue weighted by atomic mass is 10.2. The summed E-state index contributed by atoms with van der Waals surface area (Å²) in [5.41, 5.74) is 7.85. The van der Waals surface area contributed by atoms with Crippen LogP contribution in [0.1, 0.15) is 11.1 Å². The van der Waals surface area contributed by atoms with E-state index in [2.05, 4.69) is 15.9 Å². The lowest BCUT2D eigenvalue weighted by Gasteiger charge is -2.18. The normalized spacial score (nSPS) is 11.8. The quantitative estimate of drug-likeness (QED) is 0.825. The van der Waals surface area contributed by atoms with Gasteiger partial charge < -0.3 is 5.73 Å². The van der Waals surface area contributed by atoms with E-state index in [1.807, 2.05) is 24.3 Å². The Bertz CT molecular complexity index is 732. The number of rotatable bonds is 5. The van der Waals surface area contributed by atoms with Crippen molar-refractivity contribution < 1.29 is 8.42 Å². The minimum atomic E-state index is -3.42. The van der Waals surface area contributed by atoms with Crippen LogP contribution in [0.3, 0.4) is 0 Å². The first-order valence-corrected chi connectivity index (χ1v) is 8.81. The summed E-state index contributed by atoms with van der Waals surface area (Å²) in [5, 5.41) is 0. The number of benzene rings is 2. The Hall–Kier alpha value is -1.37.